The first-order chi connectivity index (χ1) is 7.43. The van der Waals surface area contributed by atoms with E-state index in [0.29, 0.717) is 12.4 Å². The lowest BCUT2D eigenvalue weighted by atomic mass is 9.95. The number of unbranched alkanes of at least 4 members (excludes halogenated alkanes) is 1. The second kappa shape index (κ2) is 5.21. The van der Waals surface area contributed by atoms with Crippen LogP contribution in [0.1, 0.15) is 39.2 Å². The number of hydrogen-bond donors (Lipinski definition) is 2. The van der Waals surface area contributed by atoms with Crippen LogP contribution >= 0.6 is 0 Å². The van der Waals surface area contributed by atoms with Gasteiger partial charge < -0.3 is 15.6 Å². The topological polar surface area (TPSA) is 55.5 Å². The minimum Gasteiger partial charge on any atom is -0.508 e. The Morgan fingerprint density at radius 3 is 2.56 bits per heavy atom. The summed E-state index contributed by atoms with van der Waals surface area (Å²) in [4.78, 5) is 0. The van der Waals surface area contributed by atoms with Crippen molar-refractivity contribution in [1.29, 1.82) is 0 Å². The second-order valence-corrected chi connectivity index (χ2v) is 4.64. The monoisotopic (exact) mass is 223 g/mol. The van der Waals surface area contributed by atoms with Crippen molar-refractivity contribution in [3.05, 3.63) is 23.8 Å². The maximum atomic E-state index is 9.58. The number of ether oxygens (including phenoxy) is 1. The summed E-state index contributed by atoms with van der Waals surface area (Å²) < 4.78 is 5.55. The Labute approximate surface area is 97.2 Å². The third kappa shape index (κ3) is 3.74. The minimum atomic E-state index is -0.471. The molecule has 90 valence electrons. The number of hydrogen-bond acceptors (Lipinski definition) is 3. The fourth-order valence-corrected chi connectivity index (χ4v) is 1.37. The lowest BCUT2D eigenvalue weighted by Crippen LogP contribution is -2.28. The average Bonchev–Trinajstić information content (AvgIpc) is 2.16. The van der Waals surface area contributed by atoms with Crippen LogP contribution in [0.4, 0.5) is 0 Å². The normalized spacial score (nSPS) is 11.5. The predicted octanol–water partition coefficient (Wildman–Crippen LogP) is 2.76. The maximum Gasteiger partial charge on any atom is 0.123 e. The summed E-state index contributed by atoms with van der Waals surface area (Å²) in [6, 6.07) is 5.17. The van der Waals surface area contributed by atoms with E-state index in [1.165, 1.54) is 0 Å². The van der Waals surface area contributed by atoms with E-state index >= 15 is 0 Å². The molecule has 0 saturated heterocycles. The molecular formula is C13H21NO2. The van der Waals surface area contributed by atoms with Crippen LogP contribution in [0.15, 0.2) is 18.2 Å². The molecule has 0 unspecified atom stereocenters. The molecule has 3 nitrogen and oxygen atoms in total. The van der Waals surface area contributed by atoms with E-state index in [4.69, 9.17) is 10.5 Å². The molecule has 1 rings (SSSR count). The molecule has 0 aliphatic carbocycles. The van der Waals surface area contributed by atoms with E-state index in [9.17, 15) is 5.11 Å². The first-order valence-electron chi connectivity index (χ1n) is 5.69. The Bertz CT molecular complexity index is 342. The van der Waals surface area contributed by atoms with Crippen LogP contribution in [0.25, 0.3) is 0 Å². The van der Waals surface area contributed by atoms with Gasteiger partial charge in [-0.25, -0.2) is 0 Å². The first kappa shape index (κ1) is 12.8. The molecule has 0 radical (unpaired) electrons. The van der Waals surface area contributed by atoms with Crippen LogP contribution in [-0.2, 0) is 5.54 Å². The second-order valence-electron chi connectivity index (χ2n) is 4.64. The number of aromatic hydroxyl groups is 1. The fourth-order valence-electron chi connectivity index (χ4n) is 1.37. The van der Waals surface area contributed by atoms with Gasteiger partial charge in [-0.2, -0.15) is 0 Å². The van der Waals surface area contributed by atoms with Crippen LogP contribution in [0, 0.1) is 0 Å². The number of rotatable bonds is 5. The zero-order valence-corrected chi connectivity index (χ0v) is 10.3. The van der Waals surface area contributed by atoms with Gasteiger partial charge in [0.05, 0.1) is 6.61 Å². The Hall–Kier alpha value is -1.22. The van der Waals surface area contributed by atoms with Crippen molar-refractivity contribution in [1.82, 2.24) is 0 Å². The molecule has 0 spiro atoms. The SMILES string of the molecule is CCCCOc1cc(O)cc(C(C)(C)N)c1. The summed E-state index contributed by atoms with van der Waals surface area (Å²) in [5.41, 5.74) is 6.39. The molecule has 0 fully saturated rings. The number of phenolic OH excluding ortho intramolecular Hbond substituents is 1. The van der Waals surface area contributed by atoms with Crippen molar-refractivity contribution in [2.75, 3.05) is 6.61 Å². The van der Waals surface area contributed by atoms with Crippen molar-refractivity contribution in [3.63, 3.8) is 0 Å². The molecule has 3 heteroatoms. The molecule has 0 aliphatic heterocycles. The van der Waals surface area contributed by atoms with E-state index in [1.54, 1.807) is 12.1 Å². The maximum absolute atomic E-state index is 9.58. The molecule has 16 heavy (non-hydrogen) atoms. The summed E-state index contributed by atoms with van der Waals surface area (Å²) in [5, 5.41) is 9.58. The summed E-state index contributed by atoms with van der Waals surface area (Å²) in [6.45, 7) is 6.58. The molecule has 0 bridgehead atoms. The summed E-state index contributed by atoms with van der Waals surface area (Å²) in [5.74, 6) is 0.879. The van der Waals surface area contributed by atoms with Crippen LogP contribution in [0.2, 0.25) is 0 Å². The molecule has 0 saturated carbocycles. The quantitative estimate of drug-likeness (QED) is 0.755. The van der Waals surface area contributed by atoms with E-state index in [2.05, 4.69) is 6.92 Å². The fraction of sp³-hybridized carbons (Fsp3) is 0.538. The third-order valence-corrected chi connectivity index (χ3v) is 2.40. The van der Waals surface area contributed by atoms with Crippen LogP contribution in [0.5, 0.6) is 11.5 Å². The van der Waals surface area contributed by atoms with Crippen LogP contribution in [-0.4, -0.2) is 11.7 Å². The average molecular weight is 223 g/mol. The Morgan fingerprint density at radius 2 is 2.00 bits per heavy atom. The molecule has 1 aromatic carbocycles. The molecular weight excluding hydrogens is 202 g/mol. The van der Waals surface area contributed by atoms with Gasteiger partial charge in [-0.05, 0) is 38.0 Å². The van der Waals surface area contributed by atoms with Gasteiger partial charge in [0.1, 0.15) is 11.5 Å². The lowest BCUT2D eigenvalue weighted by Gasteiger charge is -2.20. The van der Waals surface area contributed by atoms with Crippen molar-refractivity contribution in [2.45, 2.75) is 39.2 Å². The number of nitrogens with two attached hydrogens (primary N) is 1. The highest BCUT2D eigenvalue weighted by Crippen LogP contribution is 2.27. The van der Waals surface area contributed by atoms with Gasteiger partial charge in [0.2, 0.25) is 0 Å². The molecule has 3 N–H and O–H groups in total. The zero-order valence-electron chi connectivity index (χ0n) is 10.3. The third-order valence-electron chi connectivity index (χ3n) is 2.40. The minimum absolute atomic E-state index is 0.197. The first-order valence-corrected chi connectivity index (χ1v) is 5.69. The standard InChI is InChI=1S/C13H21NO2/c1-4-5-6-16-12-8-10(13(2,3)14)7-11(15)9-12/h7-9,15H,4-6,14H2,1-3H3. The van der Waals surface area contributed by atoms with Gasteiger partial charge in [0.15, 0.2) is 0 Å². The van der Waals surface area contributed by atoms with Crippen LogP contribution < -0.4 is 10.5 Å². The number of benzene rings is 1. The highest BCUT2D eigenvalue weighted by molar-refractivity contribution is 5.40. The van der Waals surface area contributed by atoms with Gasteiger partial charge in [-0.3, -0.25) is 0 Å². The van der Waals surface area contributed by atoms with E-state index in [1.807, 2.05) is 19.9 Å². The highest BCUT2D eigenvalue weighted by atomic mass is 16.5. The van der Waals surface area contributed by atoms with Crippen LogP contribution in [0.3, 0.4) is 0 Å². The molecule has 0 heterocycles. The lowest BCUT2D eigenvalue weighted by molar-refractivity contribution is 0.306. The Morgan fingerprint density at radius 1 is 1.31 bits per heavy atom. The summed E-state index contributed by atoms with van der Waals surface area (Å²) in [7, 11) is 0. The van der Waals surface area contributed by atoms with Gasteiger partial charge in [-0.1, -0.05) is 13.3 Å². The van der Waals surface area contributed by atoms with Crippen molar-refractivity contribution >= 4 is 0 Å². The Kier molecular flexibility index (Phi) is 4.19. The van der Waals surface area contributed by atoms with Gasteiger partial charge in [-0.15, -0.1) is 0 Å². The Balaban J connectivity index is 2.82. The molecule has 0 atom stereocenters. The van der Waals surface area contributed by atoms with E-state index in [-0.39, 0.29) is 5.75 Å². The summed E-state index contributed by atoms with van der Waals surface area (Å²) >= 11 is 0. The van der Waals surface area contributed by atoms with Gasteiger partial charge in [0.25, 0.3) is 0 Å². The van der Waals surface area contributed by atoms with E-state index in [0.717, 1.165) is 18.4 Å². The van der Waals surface area contributed by atoms with Gasteiger partial charge >= 0.3 is 0 Å². The number of phenols is 1. The predicted molar refractivity (Wildman–Crippen MR) is 65.7 cm³/mol. The smallest absolute Gasteiger partial charge is 0.123 e. The van der Waals surface area contributed by atoms with E-state index < -0.39 is 5.54 Å². The largest absolute Gasteiger partial charge is 0.508 e. The summed E-state index contributed by atoms with van der Waals surface area (Å²) in [6.07, 6.45) is 2.10. The molecule has 0 amide bonds. The highest BCUT2D eigenvalue weighted by Gasteiger charge is 2.16. The van der Waals surface area contributed by atoms with Crippen molar-refractivity contribution in [3.8, 4) is 11.5 Å². The molecule has 0 aliphatic rings. The van der Waals surface area contributed by atoms with Crippen molar-refractivity contribution in [2.24, 2.45) is 5.73 Å². The molecule has 0 aromatic heterocycles. The van der Waals surface area contributed by atoms with Crippen molar-refractivity contribution < 1.29 is 9.84 Å². The van der Waals surface area contributed by atoms with Gasteiger partial charge in [0, 0.05) is 11.6 Å². The zero-order chi connectivity index (χ0) is 12.2. The molecule has 1 aromatic rings.